The number of carbonyl (C=O) groups excluding carboxylic acids is 2. The van der Waals surface area contributed by atoms with Crippen LogP contribution in [-0.2, 0) is 4.79 Å². The molecule has 0 saturated carbocycles. The number of amides is 2. The van der Waals surface area contributed by atoms with Gasteiger partial charge in [-0.3, -0.25) is 9.59 Å². The van der Waals surface area contributed by atoms with E-state index in [0.29, 0.717) is 30.0 Å². The molecule has 0 spiro atoms. The summed E-state index contributed by atoms with van der Waals surface area (Å²) in [5, 5.41) is 3.45. The third-order valence-electron chi connectivity index (χ3n) is 3.97. The predicted octanol–water partition coefficient (Wildman–Crippen LogP) is 3.61. The molecule has 0 radical (unpaired) electrons. The molecular formula is C20H23ClN2O3. The van der Waals surface area contributed by atoms with E-state index in [4.69, 9.17) is 16.3 Å². The number of ether oxygens (including phenoxy) is 1. The summed E-state index contributed by atoms with van der Waals surface area (Å²) in [5.74, 6) is 0.614. The largest absolute Gasteiger partial charge is 0.496 e. The lowest BCUT2D eigenvalue weighted by Crippen LogP contribution is -2.27. The van der Waals surface area contributed by atoms with Gasteiger partial charge in [-0.25, -0.2) is 0 Å². The Balaban J connectivity index is 1.98. The monoisotopic (exact) mass is 374 g/mol. The van der Waals surface area contributed by atoms with Gasteiger partial charge in [0.05, 0.1) is 7.11 Å². The Morgan fingerprint density at radius 1 is 1.12 bits per heavy atom. The van der Waals surface area contributed by atoms with E-state index in [9.17, 15) is 9.59 Å². The lowest BCUT2D eigenvalue weighted by atomic mass is 10.0. The predicted molar refractivity (Wildman–Crippen MR) is 104 cm³/mol. The van der Waals surface area contributed by atoms with Gasteiger partial charge in [0, 0.05) is 43.2 Å². The molecule has 0 saturated heterocycles. The fourth-order valence-corrected chi connectivity index (χ4v) is 2.65. The van der Waals surface area contributed by atoms with Crippen LogP contribution in [0.2, 0.25) is 5.02 Å². The number of carbonyl (C=O) groups is 2. The number of methoxy groups -OCH3 is 1. The highest BCUT2D eigenvalue weighted by molar-refractivity contribution is 6.31. The third kappa shape index (κ3) is 5.23. The van der Waals surface area contributed by atoms with Gasteiger partial charge in [-0.05, 0) is 42.3 Å². The van der Waals surface area contributed by atoms with E-state index < -0.39 is 0 Å². The maximum absolute atomic E-state index is 12.2. The van der Waals surface area contributed by atoms with Gasteiger partial charge in [0.15, 0.2) is 0 Å². The molecule has 0 aliphatic heterocycles. The molecule has 0 unspecified atom stereocenters. The van der Waals surface area contributed by atoms with Crippen molar-refractivity contribution in [2.45, 2.75) is 12.8 Å². The highest BCUT2D eigenvalue weighted by Crippen LogP contribution is 2.32. The van der Waals surface area contributed by atoms with Crippen molar-refractivity contribution in [3.05, 3.63) is 53.1 Å². The first kappa shape index (κ1) is 19.8. The maximum atomic E-state index is 12.2. The maximum Gasteiger partial charge on any atom is 0.251 e. The smallest absolute Gasteiger partial charge is 0.251 e. The molecule has 5 nitrogen and oxygen atoms in total. The Hall–Kier alpha value is -2.53. The Morgan fingerprint density at radius 3 is 2.42 bits per heavy atom. The van der Waals surface area contributed by atoms with Crippen LogP contribution in [0.5, 0.6) is 5.75 Å². The Kier molecular flexibility index (Phi) is 7.04. The second kappa shape index (κ2) is 9.25. The van der Waals surface area contributed by atoms with Crippen molar-refractivity contribution in [1.29, 1.82) is 0 Å². The number of nitrogens with zero attached hydrogens (tertiary/aromatic N) is 1. The first-order valence-electron chi connectivity index (χ1n) is 8.34. The van der Waals surface area contributed by atoms with Crippen molar-refractivity contribution in [3.63, 3.8) is 0 Å². The molecule has 1 N–H and O–H groups in total. The molecule has 0 aliphatic rings. The summed E-state index contributed by atoms with van der Waals surface area (Å²) in [4.78, 5) is 25.2. The SMILES string of the molecule is COc1ccc(Cl)cc1-c1ccc(C(=O)NCCCC(=O)N(C)C)cc1. The standard InChI is InChI=1S/C20H23ClN2O3/c1-23(2)19(24)5-4-12-22-20(25)15-8-6-14(7-9-15)17-13-16(21)10-11-18(17)26-3/h6-11,13H,4-5,12H2,1-3H3,(H,22,25). The van der Waals surface area contributed by atoms with Crippen molar-refractivity contribution in [2.24, 2.45) is 0 Å². The number of rotatable bonds is 7. The van der Waals surface area contributed by atoms with E-state index in [1.807, 2.05) is 24.3 Å². The van der Waals surface area contributed by atoms with Gasteiger partial charge in [-0.15, -0.1) is 0 Å². The summed E-state index contributed by atoms with van der Waals surface area (Å²) in [6.45, 7) is 0.461. The van der Waals surface area contributed by atoms with Crippen LogP contribution in [0.4, 0.5) is 0 Å². The van der Waals surface area contributed by atoms with Crippen molar-refractivity contribution in [3.8, 4) is 16.9 Å². The van der Waals surface area contributed by atoms with E-state index in [-0.39, 0.29) is 11.8 Å². The third-order valence-corrected chi connectivity index (χ3v) is 4.21. The highest BCUT2D eigenvalue weighted by Gasteiger charge is 2.10. The second-order valence-electron chi connectivity index (χ2n) is 6.07. The van der Waals surface area contributed by atoms with Gasteiger partial charge in [0.25, 0.3) is 5.91 Å². The second-order valence-corrected chi connectivity index (χ2v) is 6.51. The van der Waals surface area contributed by atoms with Gasteiger partial charge in [-0.2, -0.15) is 0 Å². The molecule has 0 aliphatic carbocycles. The lowest BCUT2D eigenvalue weighted by Gasteiger charge is -2.11. The van der Waals surface area contributed by atoms with E-state index in [2.05, 4.69) is 5.32 Å². The molecule has 0 aromatic heterocycles. The number of hydrogen-bond donors (Lipinski definition) is 1. The molecule has 0 heterocycles. The molecule has 2 aromatic carbocycles. The Bertz CT molecular complexity index is 773. The average Bonchev–Trinajstić information content (AvgIpc) is 2.64. The van der Waals surface area contributed by atoms with Crippen LogP contribution in [-0.4, -0.2) is 44.5 Å². The molecule has 26 heavy (non-hydrogen) atoms. The first-order chi connectivity index (χ1) is 12.4. The molecule has 6 heteroatoms. The zero-order valence-corrected chi connectivity index (χ0v) is 16.0. The van der Waals surface area contributed by atoms with Crippen LogP contribution < -0.4 is 10.1 Å². The quantitative estimate of drug-likeness (QED) is 0.753. The molecule has 2 aromatic rings. The van der Waals surface area contributed by atoms with Crippen molar-refractivity contribution in [1.82, 2.24) is 10.2 Å². The highest BCUT2D eigenvalue weighted by atomic mass is 35.5. The number of benzene rings is 2. The van der Waals surface area contributed by atoms with E-state index in [1.165, 1.54) is 0 Å². The summed E-state index contributed by atoms with van der Waals surface area (Å²) in [5.41, 5.74) is 2.35. The molecule has 0 fully saturated rings. The van der Waals surface area contributed by atoms with Gasteiger partial charge < -0.3 is 15.0 Å². The van der Waals surface area contributed by atoms with Crippen LogP contribution in [0.15, 0.2) is 42.5 Å². The first-order valence-corrected chi connectivity index (χ1v) is 8.72. The molecule has 138 valence electrons. The molecular weight excluding hydrogens is 352 g/mol. The summed E-state index contributed by atoms with van der Waals surface area (Å²) in [7, 11) is 5.05. The number of nitrogens with one attached hydrogen (secondary N) is 1. The van der Waals surface area contributed by atoms with Crippen LogP contribution in [0.1, 0.15) is 23.2 Å². The lowest BCUT2D eigenvalue weighted by molar-refractivity contribution is -0.128. The molecule has 2 amide bonds. The fourth-order valence-electron chi connectivity index (χ4n) is 2.47. The molecule has 0 atom stereocenters. The van der Waals surface area contributed by atoms with E-state index in [1.54, 1.807) is 44.3 Å². The topological polar surface area (TPSA) is 58.6 Å². The molecule has 2 rings (SSSR count). The van der Waals surface area contributed by atoms with Crippen molar-refractivity contribution >= 4 is 23.4 Å². The van der Waals surface area contributed by atoms with E-state index in [0.717, 1.165) is 16.9 Å². The van der Waals surface area contributed by atoms with Crippen molar-refractivity contribution < 1.29 is 14.3 Å². The van der Waals surface area contributed by atoms with E-state index >= 15 is 0 Å². The minimum Gasteiger partial charge on any atom is -0.496 e. The average molecular weight is 375 g/mol. The zero-order valence-electron chi connectivity index (χ0n) is 15.2. The minimum atomic E-state index is -0.160. The fraction of sp³-hybridized carbons (Fsp3) is 0.300. The number of halogens is 1. The normalized spacial score (nSPS) is 10.3. The van der Waals surface area contributed by atoms with Gasteiger partial charge in [-0.1, -0.05) is 23.7 Å². The van der Waals surface area contributed by atoms with Crippen LogP contribution in [0.25, 0.3) is 11.1 Å². The minimum absolute atomic E-state index is 0.0547. The summed E-state index contributed by atoms with van der Waals surface area (Å²) < 4.78 is 5.37. The van der Waals surface area contributed by atoms with Crippen LogP contribution in [0, 0.1) is 0 Å². The van der Waals surface area contributed by atoms with Gasteiger partial charge in [0.1, 0.15) is 5.75 Å². The van der Waals surface area contributed by atoms with Gasteiger partial charge in [0.2, 0.25) is 5.91 Å². The summed E-state index contributed by atoms with van der Waals surface area (Å²) in [6, 6.07) is 12.7. The summed E-state index contributed by atoms with van der Waals surface area (Å²) >= 11 is 6.07. The Labute approximate surface area is 158 Å². The van der Waals surface area contributed by atoms with Crippen molar-refractivity contribution in [2.75, 3.05) is 27.7 Å². The van der Waals surface area contributed by atoms with Crippen LogP contribution in [0.3, 0.4) is 0 Å². The Morgan fingerprint density at radius 2 is 1.81 bits per heavy atom. The zero-order chi connectivity index (χ0) is 19.1. The number of hydrogen-bond acceptors (Lipinski definition) is 3. The van der Waals surface area contributed by atoms with Crippen LogP contribution >= 0.6 is 11.6 Å². The van der Waals surface area contributed by atoms with Gasteiger partial charge >= 0.3 is 0 Å². The molecule has 0 bridgehead atoms. The summed E-state index contributed by atoms with van der Waals surface area (Å²) in [6.07, 6.45) is 1.03.